The number of rotatable bonds is 5. The molecule has 1 rings (SSSR count). The molecule has 0 heterocycles. The molecule has 0 aliphatic heterocycles. The van der Waals surface area contributed by atoms with Crippen LogP contribution in [-0.2, 0) is 4.79 Å². The third-order valence-electron chi connectivity index (χ3n) is 2.43. The van der Waals surface area contributed by atoms with Crippen LogP contribution in [-0.4, -0.2) is 49.9 Å². The second-order valence-electron chi connectivity index (χ2n) is 4.30. The molecule has 0 aliphatic rings. The Hall–Kier alpha value is -1.61. The van der Waals surface area contributed by atoms with Crippen LogP contribution in [0.4, 0.5) is 0 Å². The number of benzene rings is 1. The van der Waals surface area contributed by atoms with Crippen molar-refractivity contribution in [3.63, 3.8) is 0 Å². The van der Waals surface area contributed by atoms with Gasteiger partial charge in [-0.2, -0.15) is 0 Å². The van der Waals surface area contributed by atoms with E-state index in [1.165, 1.54) is 5.56 Å². The molecule has 0 unspecified atom stereocenters. The summed E-state index contributed by atoms with van der Waals surface area (Å²) < 4.78 is 0. The largest absolute Gasteiger partial charge is 0.348 e. The van der Waals surface area contributed by atoms with Crippen LogP contribution in [0.3, 0.4) is 0 Å². The maximum absolute atomic E-state index is 11.4. The Morgan fingerprint density at radius 2 is 1.82 bits per heavy atom. The van der Waals surface area contributed by atoms with Crippen molar-refractivity contribution < 1.29 is 4.79 Å². The average molecular weight is 232 g/mol. The second kappa shape index (κ2) is 6.86. The smallest absolute Gasteiger partial charge is 0.236 e. The molecule has 0 aliphatic carbocycles. The van der Waals surface area contributed by atoms with Gasteiger partial charge in [-0.15, -0.1) is 0 Å². The molecule has 92 valence electrons. The van der Waals surface area contributed by atoms with E-state index in [0.29, 0.717) is 6.54 Å². The van der Waals surface area contributed by atoms with Gasteiger partial charge in [-0.25, -0.2) is 0 Å². The van der Waals surface area contributed by atoms with E-state index in [4.69, 9.17) is 0 Å². The third-order valence-corrected chi connectivity index (χ3v) is 2.43. The normalized spacial score (nSPS) is 11.1. The van der Waals surface area contributed by atoms with Crippen molar-refractivity contribution in [2.24, 2.45) is 0 Å². The summed E-state index contributed by atoms with van der Waals surface area (Å²) in [5.41, 5.74) is 1.18. The van der Waals surface area contributed by atoms with Gasteiger partial charge in [-0.05, 0) is 12.6 Å². The second-order valence-corrected chi connectivity index (χ2v) is 4.30. The summed E-state index contributed by atoms with van der Waals surface area (Å²) in [7, 11) is 5.49. The first-order valence-electron chi connectivity index (χ1n) is 5.70. The summed E-state index contributed by atoms with van der Waals surface area (Å²) in [4.78, 5) is 15.0. The highest BCUT2D eigenvalue weighted by Gasteiger charge is 2.06. The zero-order chi connectivity index (χ0) is 12.7. The van der Waals surface area contributed by atoms with Crippen LogP contribution in [0, 0.1) is 0 Å². The van der Waals surface area contributed by atoms with Crippen LogP contribution in [0.5, 0.6) is 0 Å². The van der Waals surface area contributed by atoms with Crippen molar-refractivity contribution in [1.82, 2.24) is 9.80 Å². The number of hydrogen-bond acceptors (Lipinski definition) is 2. The molecular formula is C14H20N2O. The zero-order valence-electron chi connectivity index (χ0n) is 10.8. The maximum atomic E-state index is 11.4. The highest BCUT2D eigenvalue weighted by molar-refractivity contribution is 5.77. The van der Waals surface area contributed by atoms with E-state index < -0.39 is 0 Å². The Labute approximate surface area is 103 Å². The monoisotopic (exact) mass is 232 g/mol. The fourth-order valence-electron chi connectivity index (χ4n) is 1.37. The number of carbonyl (C=O) groups excluding carboxylic acids is 1. The Morgan fingerprint density at radius 3 is 2.41 bits per heavy atom. The van der Waals surface area contributed by atoms with E-state index in [2.05, 4.69) is 24.3 Å². The van der Waals surface area contributed by atoms with Gasteiger partial charge in [-0.1, -0.05) is 42.5 Å². The lowest BCUT2D eigenvalue weighted by Crippen LogP contribution is -2.34. The minimum Gasteiger partial charge on any atom is -0.348 e. The number of amides is 1. The van der Waals surface area contributed by atoms with Crippen molar-refractivity contribution in [2.45, 2.75) is 0 Å². The van der Waals surface area contributed by atoms with Crippen molar-refractivity contribution >= 4 is 12.0 Å². The summed E-state index contributed by atoms with van der Waals surface area (Å²) >= 11 is 0. The first-order chi connectivity index (χ1) is 8.09. The molecule has 0 saturated carbocycles. The van der Waals surface area contributed by atoms with Crippen LogP contribution in [0.1, 0.15) is 5.56 Å². The molecule has 0 aromatic heterocycles. The van der Waals surface area contributed by atoms with Crippen molar-refractivity contribution in [2.75, 3.05) is 34.2 Å². The molecule has 17 heavy (non-hydrogen) atoms. The van der Waals surface area contributed by atoms with Crippen molar-refractivity contribution in [3.8, 4) is 0 Å². The first kappa shape index (κ1) is 13.5. The molecule has 0 N–H and O–H groups in total. The van der Waals surface area contributed by atoms with Gasteiger partial charge >= 0.3 is 0 Å². The number of nitrogens with zero attached hydrogens (tertiary/aromatic N) is 2. The molecule has 0 saturated heterocycles. The van der Waals surface area contributed by atoms with E-state index in [9.17, 15) is 4.79 Å². The standard InChI is InChI=1S/C14H20N2O/c1-15(2)14(17)12-16(3)11-7-10-13-8-5-4-6-9-13/h4-10H,11-12H2,1-3H3/b10-7+. The SMILES string of the molecule is CN(C/C=C/c1ccccc1)CC(=O)N(C)C. The molecule has 0 atom stereocenters. The lowest BCUT2D eigenvalue weighted by atomic mass is 10.2. The van der Waals surface area contributed by atoms with Gasteiger partial charge in [-0.3, -0.25) is 9.69 Å². The van der Waals surface area contributed by atoms with Crippen LogP contribution in [0.2, 0.25) is 0 Å². The van der Waals surface area contributed by atoms with Crippen molar-refractivity contribution in [1.29, 1.82) is 0 Å². The van der Waals surface area contributed by atoms with Crippen LogP contribution >= 0.6 is 0 Å². The molecule has 0 fully saturated rings. The summed E-state index contributed by atoms with van der Waals surface area (Å²) in [5.74, 6) is 0.126. The lowest BCUT2D eigenvalue weighted by molar-refractivity contribution is -0.129. The van der Waals surface area contributed by atoms with Gasteiger partial charge in [0.05, 0.1) is 6.54 Å². The van der Waals surface area contributed by atoms with E-state index in [1.807, 2.05) is 30.1 Å². The van der Waals surface area contributed by atoms with Gasteiger partial charge in [0.15, 0.2) is 0 Å². The topological polar surface area (TPSA) is 23.6 Å². The van der Waals surface area contributed by atoms with E-state index in [-0.39, 0.29) is 5.91 Å². The molecule has 1 aromatic rings. The summed E-state index contributed by atoms with van der Waals surface area (Å²) in [6.45, 7) is 1.22. The molecule has 0 bridgehead atoms. The zero-order valence-corrected chi connectivity index (χ0v) is 10.8. The highest BCUT2D eigenvalue weighted by atomic mass is 16.2. The number of hydrogen-bond donors (Lipinski definition) is 0. The minimum absolute atomic E-state index is 0.126. The molecule has 0 radical (unpaired) electrons. The fourth-order valence-corrected chi connectivity index (χ4v) is 1.37. The maximum Gasteiger partial charge on any atom is 0.236 e. The quantitative estimate of drug-likeness (QED) is 0.771. The molecule has 1 aromatic carbocycles. The third kappa shape index (κ3) is 5.31. The van der Waals surface area contributed by atoms with E-state index in [0.717, 1.165) is 6.54 Å². The van der Waals surface area contributed by atoms with Crippen LogP contribution in [0.15, 0.2) is 36.4 Å². The van der Waals surface area contributed by atoms with E-state index >= 15 is 0 Å². The Balaban J connectivity index is 2.36. The van der Waals surface area contributed by atoms with Crippen molar-refractivity contribution in [3.05, 3.63) is 42.0 Å². The highest BCUT2D eigenvalue weighted by Crippen LogP contribution is 2.00. The molecule has 1 amide bonds. The van der Waals surface area contributed by atoms with Gasteiger partial charge in [0.2, 0.25) is 5.91 Å². The summed E-state index contributed by atoms with van der Waals surface area (Å²) in [5, 5.41) is 0. The number of likely N-dealkylation sites (N-methyl/N-ethyl adjacent to an activating group) is 2. The first-order valence-corrected chi connectivity index (χ1v) is 5.70. The van der Waals surface area contributed by atoms with Gasteiger partial charge in [0.25, 0.3) is 0 Å². The van der Waals surface area contributed by atoms with Crippen LogP contribution < -0.4 is 0 Å². The predicted molar refractivity (Wildman–Crippen MR) is 71.7 cm³/mol. The average Bonchev–Trinajstić information content (AvgIpc) is 2.30. The van der Waals surface area contributed by atoms with Gasteiger partial charge < -0.3 is 4.90 Å². The molecular weight excluding hydrogens is 212 g/mol. The van der Waals surface area contributed by atoms with Gasteiger partial charge in [0.1, 0.15) is 0 Å². The number of carbonyl (C=O) groups is 1. The lowest BCUT2D eigenvalue weighted by Gasteiger charge is -2.17. The fraction of sp³-hybridized carbons (Fsp3) is 0.357. The predicted octanol–water partition coefficient (Wildman–Crippen LogP) is 1.72. The minimum atomic E-state index is 0.126. The van der Waals surface area contributed by atoms with Gasteiger partial charge in [0, 0.05) is 20.6 Å². The molecule has 3 nitrogen and oxygen atoms in total. The Morgan fingerprint density at radius 1 is 1.18 bits per heavy atom. The Bertz CT molecular complexity index is 371. The molecule has 3 heteroatoms. The Kier molecular flexibility index (Phi) is 5.43. The van der Waals surface area contributed by atoms with E-state index in [1.54, 1.807) is 19.0 Å². The summed E-state index contributed by atoms with van der Waals surface area (Å²) in [6.07, 6.45) is 4.13. The van der Waals surface area contributed by atoms with Crippen LogP contribution in [0.25, 0.3) is 6.08 Å². The summed E-state index contributed by atoms with van der Waals surface area (Å²) in [6, 6.07) is 10.1. The molecule has 0 spiro atoms.